The second-order valence-electron chi connectivity index (χ2n) is 9.89. The summed E-state index contributed by atoms with van der Waals surface area (Å²) in [6, 6.07) is 0. The SMILES string of the molecule is CC[C@@]1(O)C(O)C[C@H]2[C@@H]3CCC4CCCC[C@]4(C)[C@H]3CC[C@@]21C. The molecule has 4 fully saturated rings. The molecule has 0 aromatic heterocycles. The maximum Gasteiger partial charge on any atom is 0.0958 e. The third-order valence-corrected chi connectivity index (χ3v) is 9.53. The number of aliphatic hydroxyl groups is 2. The van der Waals surface area contributed by atoms with E-state index in [0.29, 0.717) is 17.8 Å². The Morgan fingerprint density at radius 3 is 2.48 bits per heavy atom. The van der Waals surface area contributed by atoms with Crippen LogP contribution in [0.25, 0.3) is 0 Å². The lowest BCUT2D eigenvalue weighted by Gasteiger charge is -2.61. The van der Waals surface area contributed by atoms with Gasteiger partial charge in [-0.25, -0.2) is 0 Å². The molecule has 8 atom stereocenters. The molecule has 0 spiro atoms. The molecule has 0 aromatic carbocycles. The van der Waals surface area contributed by atoms with Crippen molar-refractivity contribution in [2.45, 2.75) is 96.7 Å². The molecule has 2 unspecified atom stereocenters. The molecule has 0 aromatic rings. The van der Waals surface area contributed by atoms with Crippen molar-refractivity contribution >= 4 is 0 Å². The first-order valence-corrected chi connectivity index (χ1v) is 10.3. The van der Waals surface area contributed by atoms with Gasteiger partial charge >= 0.3 is 0 Å². The van der Waals surface area contributed by atoms with Gasteiger partial charge < -0.3 is 10.2 Å². The Hall–Kier alpha value is -0.0800. The van der Waals surface area contributed by atoms with Crippen molar-refractivity contribution < 1.29 is 10.2 Å². The second-order valence-corrected chi connectivity index (χ2v) is 9.89. The van der Waals surface area contributed by atoms with E-state index in [0.717, 1.165) is 30.6 Å². The summed E-state index contributed by atoms with van der Waals surface area (Å²) in [4.78, 5) is 0. The fraction of sp³-hybridized carbons (Fsp3) is 1.00. The number of rotatable bonds is 1. The van der Waals surface area contributed by atoms with Crippen LogP contribution in [-0.4, -0.2) is 21.9 Å². The summed E-state index contributed by atoms with van der Waals surface area (Å²) in [5, 5.41) is 21.9. The van der Waals surface area contributed by atoms with Crippen LogP contribution in [0.1, 0.15) is 85.0 Å². The van der Waals surface area contributed by atoms with E-state index < -0.39 is 11.7 Å². The molecule has 0 radical (unpaired) electrons. The van der Waals surface area contributed by atoms with E-state index in [4.69, 9.17) is 0 Å². The van der Waals surface area contributed by atoms with Crippen molar-refractivity contribution in [1.82, 2.24) is 0 Å². The van der Waals surface area contributed by atoms with Crippen LogP contribution < -0.4 is 0 Å². The van der Waals surface area contributed by atoms with Crippen molar-refractivity contribution in [2.24, 2.45) is 34.5 Å². The van der Waals surface area contributed by atoms with Gasteiger partial charge in [-0.1, -0.05) is 33.6 Å². The molecule has 4 aliphatic carbocycles. The van der Waals surface area contributed by atoms with E-state index in [1.165, 1.54) is 44.9 Å². The van der Waals surface area contributed by atoms with Gasteiger partial charge in [0.2, 0.25) is 0 Å². The Bertz CT molecular complexity index is 476. The smallest absolute Gasteiger partial charge is 0.0958 e. The highest BCUT2D eigenvalue weighted by atomic mass is 16.3. The Balaban J connectivity index is 1.67. The van der Waals surface area contributed by atoms with E-state index >= 15 is 0 Å². The molecule has 0 saturated heterocycles. The predicted molar refractivity (Wildman–Crippen MR) is 93.0 cm³/mol. The highest BCUT2D eigenvalue weighted by molar-refractivity contribution is 5.16. The summed E-state index contributed by atoms with van der Waals surface area (Å²) < 4.78 is 0. The number of aliphatic hydroxyl groups excluding tert-OH is 1. The van der Waals surface area contributed by atoms with Crippen LogP contribution in [0.4, 0.5) is 0 Å². The van der Waals surface area contributed by atoms with Crippen LogP contribution in [0.3, 0.4) is 0 Å². The Labute approximate surface area is 142 Å². The van der Waals surface area contributed by atoms with Crippen LogP contribution in [0, 0.1) is 34.5 Å². The normalized spacial score (nSPS) is 59.1. The first-order valence-electron chi connectivity index (χ1n) is 10.3. The topological polar surface area (TPSA) is 40.5 Å². The standard InChI is InChI=1S/C21H36O2/c1-4-21(23)18(22)13-17-15-9-8-14-7-5-6-11-19(14,2)16(15)10-12-20(17,21)3/h14-18,22-23H,4-13H2,1-3H3/t14?,15-,16+,17+,18?,19+,20+,21-/m1/s1. The monoisotopic (exact) mass is 320 g/mol. The maximum absolute atomic E-state index is 11.3. The maximum atomic E-state index is 11.3. The molecular weight excluding hydrogens is 284 g/mol. The number of hydrogen-bond acceptors (Lipinski definition) is 2. The van der Waals surface area contributed by atoms with Gasteiger partial charge in [0.05, 0.1) is 11.7 Å². The van der Waals surface area contributed by atoms with Crippen LogP contribution in [0.5, 0.6) is 0 Å². The molecule has 0 bridgehead atoms. The van der Waals surface area contributed by atoms with Gasteiger partial charge in [-0.15, -0.1) is 0 Å². The average Bonchev–Trinajstić information content (AvgIpc) is 2.75. The van der Waals surface area contributed by atoms with Gasteiger partial charge in [-0.2, -0.15) is 0 Å². The third kappa shape index (κ3) is 1.94. The van der Waals surface area contributed by atoms with Crippen LogP contribution in [0.15, 0.2) is 0 Å². The molecule has 23 heavy (non-hydrogen) atoms. The van der Waals surface area contributed by atoms with Crippen molar-refractivity contribution in [2.75, 3.05) is 0 Å². The minimum Gasteiger partial charge on any atom is -0.390 e. The van der Waals surface area contributed by atoms with Gasteiger partial charge in [0.1, 0.15) is 0 Å². The highest BCUT2D eigenvalue weighted by Gasteiger charge is 2.66. The zero-order valence-corrected chi connectivity index (χ0v) is 15.4. The van der Waals surface area contributed by atoms with E-state index in [1.54, 1.807) is 0 Å². The van der Waals surface area contributed by atoms with Crippen molar-refractivity contribution in [3.63, 3.8) is 0 Å². The second kappa shape index (κ2) is 5.21. The Morgan fingerprint density at radius 2 is 1.74 bits per heavy atom. The average molecular weight is 321 g/mol. The van der Waals surface area contributed by atoms with Gasteiger partial charge in [0.15, 0.2) is 0 Å². The molecule has 0 amide bonds. The molecule has 4 aliphatic rings. The van der Waals surface area contributed by atoms with E-state index in [-0.39, 0.29) is 5.41 Å². The summed E-state index contributed by atoms with van der Waals surface area (Å²) in [5.74, 6) is 3.05. The molecule has 0 aliphatic heterocycles. The van der Waals surface area contributed by atoms with Crippen LogP contribution in [-0.2, 0) is 0 Å². The minimum absolute atomic E-state index is 0.0692. The number of fused-ring (bicyclic) bond motifs is 5. The minimum atomic E-state index is -0.854. The molecule has 4 saturated carbocycles. The third-order valence-electron chi connectivity index (χ3n) is 9.53. The van der Waals surface area contributed by atoms with Gasteiger partial charge in [-0.3, -0.25) is 0 Å². The van der Waals surface area contributed by atoms with Crippen molar-refractivity contribution in [3.8, 4) is 0 Å². The first kappa shape index (κ1) is 16.4. The summed E-state index contributed by atoms with van der Waals surface area (Å²) >= 11 is 0. The molecule has 2 nitrogen and oxygen atoms in total. The summed E-state index contributed by atoms with van der Waals surface area (Å²) in [6.07, 6.45) is 11.9. The lowest BCUT2D eigenvalue weighted by Crippen LogP contribution is -2.57. The van der Waals surface area contributed by atoms with Gasteiger partial charge in [0.25, 0.3) is 0 Å². The summed E-state index contributed by atoms with van der Waals surface area (Å²) in [6.45, 7) is 6.94. The lowest BCUT2D eigenvalue weighted by molar-refractivity contribution is -0.169. The van der Waals surface area contributed by atoms with Crippen LogP contribution >= 0.6 is 0 Å². The van der Waals surface area contributed by atoms with Crippen LogP contribution in [0.2, 0.25) is 0 Å². The van der Waals surface area contributed by atoms with Crippen molar-refractivity contribution in [1.29, 1.82) is 0 Å². The Morgan fingerprint density at radius 1 is 0.957 bits per heavy atom. The van der Waals surface area contributed by atoms with Crippen molar-refractivity contribution in [3.05, 3.63) is 0 Å². The van der Waals surface area contributed by atoms with E-state index in [2.05, 4.69) is 20.8 Å². The van der Waals surface area contributed by atoms with E-state index in [1.807, 2.05) is 0 Å². The molecule has 132 valence electrons. The van der Waals surface area contributed by atoms with E-state index in [9.17, 15) is 10.2 Å². The summed E-state index contributed by atoms with van der Waals surface area (Å²) in [7, 11) is 0. The highest BCUT2D eigenvalue weighted by Crippen LogP contribution is 2.68. The fourth-order valence-corrected chi connectivity index (χ4v) is 8.04. The molecular formula is C21H36O2. The number of hydrogen-bond donors (Lipinski definition) is 2. The molecule has 4 rings (SSSR count). The first-order chi connectivity index (χ1) is 10.9. The zero-order valence-electron chi connectivity index (χ0n) is 15.4. The predicted octanol–water partition coefficient (Wildman–Crippen LogP) is 4.53. The molecule has 0 heterocycles. The summed E-state index contributed by atoms with van der Waals surface area (Å²) in [5.41, 5.74) is -0.381. The molecule has 2 N–H and O–H groups in total. The fourth-order valence-electron chi connectivity index (χ4n) is 8.04. The van der Waals surface area contributed by atoms with Gasteiger partial charge in [0, 0.05) is 5.41 Å². The Kier molecular flexibility index (Phi) is 3.71. The quantitative estimate of drug-likeness (QED) is 0.745. The zero-order chi connectivity index (χ0) is 16.5. The largest absolute Gasteiger partial charge is 0.390 e. The van der Waals surface area contributed by atoms with Gasteiger partial charge in [-0.05, 0) is 80.5 Å². The molecule has 2 heteroatoms. The lowest BCUT2D eigenvalue weighted by atomic mass is 9.44.